The lowest BCUT2D eigenvalue weighted by Gasteiger charge is -2.08. The quantitative estimate of drug-likeness (QED) is 0.911. The summed E-state index contributed by atoms with van der Waals surface area (Å²) in [7, 11) is 0. The van der Waals surface area contributed by atoms with Crippen molar-refractivity contribution < 1.29 is 19.4 Å². The van der Waals surface area contributed by atoms with E-state index in [9.17, 15) is 4.79 Å². The number of ether oxygens (including phenoxy) is 2. The van der Waals surface area contributed by atoms with Crippen LogP contribution in [-0.4, -0.2) is 22.7 Å². The second-order valence-electron chi connectivity index (χ2n) is 3.83. The lowest BCUT2D eigenvalue weighted by molar-refractivity contribution is 0.0696. The van der Waals surface area contributed by atoms with Gasteiger partial charge in [0.05, 0.1) is 12.2 Å². The molecule has 2 rings (SSSR count). The Morgan fingerprint density at radius 2 is 2.10 bits per heavy atom. The molecule has 0 unspecified atom stereocenters. The summed E-state index contributed by atoms with van der Waals surface area (Å²) in [6, 6.07) is 8.30. The second-order valence-corrected chi connectivity index (χ2v) is 4.23. The van der Waals surface area contributed by atoms with E-state index in [1.807, 2.05) is 6.92 Å². The first-order chi connectivity index (χ1) is 9.60. The summed E-state index contributed by atoms with van der Waals surface area (Å²) < 4.78 is 10.9. The van der Waals surface area contributed by atoms with Gasteiger partial charge in [-0.25, -0.2) is 9.78 Å². The third-order valence-corrected chi connectivity index (χ3v) is 2.66. The minimum Gasteiger partial charge on any atom is -0.494 e. The van der Waals surface area contributed by atoms with E-state index in [-0.39, 0.29) is 16.5 Å². The summed E-state index contributed by atoms with van der Waals surface area (Å²) in [5, 5.41) is 8.96. The number of benzene rings is 1. The fraction of sp³-hybridized carbons (Fsp3) is 0.143. The van der Waals surface area contributed by atoms with Gasteiger partial charge in [0.25, 0.3) is 0 Å². The van der Waals surface area contributed by atoms with Gasteiger partial charge in [-0.3, -0.25) is 0 Å². The molecule has 0 aliphatic rings. The van der Waals surface area contributed by atoms with Gasteiger partial charge in [0, 0.05) is 12.3 Å². The number of hydrogen-bond acceptors (Lipinski definition) is 4. The van der Waals surface area contributed by atoms with Gasteiger partial charge in [-0.05, 0) is 25.1 Å². The Hall–Kier alpha value is -2.27. The molecule has 20 heavy (non-hydrogen) atoms. The molecule has 0 spiro atoms. The van der Waals surface area contributed by atoms with Gasteiger partial charge in [0.15, 0.2) is 0 Å². The number of aromatic nitrogens is 1. The Morgan fingerprint density at radius 3 is 2.75 bits per heavy atom. The molecule has 104 valence electrons. The van der Waals surface area contributed by atoms with Gasteiger partial charge in [-0.15, -0.1) is 0 Å². The summed E-state index contributed by atoms with van der Waals surface area (Å²) in [5.41, 5.74) is 0.00502. The number of aromatic carboxylic acids is 1. The van der Waals surface area contributed by atoms with E-state index < -0.39 is 5.97 Å². The van der Waals surface area contributed by atoms with Crippen LogP contribution in [0, 0.1) is 0 Å². The highest BCUT2D eigenvalue weighted by Crippen LogP contribution is 2.29. The predicted octanol–water partition coefficient (Wildman–Crippen LogP) is 3.62. The normalized spacial score (nSPS) is 10.1. The number of pyridine rings is 1. The maximum absolute atomic E-state index is 10.8. The average Bonchev–Trinajstić information content (AvgIpc) is 2.42. The van der Waals surface area contributed by atoms with Crippen molar-refractivity contribution in [1.82, 2.24) is 4.98 Å². The van der Waals surface area contributed by atoms with Crippen molar-refractivity contribution in [3.63, 3.8) is 0 Å². The van der Waals surface area contributed by atoms with Crippen molar-refractivity contribution in [3.8, 4) is 17.4 Å². The molecule has 0 aliphatic carbocycles. The Balaban J connectivity index is 2.21. The lowest BCUT2D eigenvalue weighted by Crippen LogP contribution is -1.98. The minimum absolute atomic E-state index is 0.00502. The van der Waals surface area contributed by atoms with Crippen LogP contribution in [0.1, 0.15) is 17.3 Å². The van der Waals surface area contributed by atoms with Crippen molar-refractivity contribution in [2.75, 3.05) is 6.61 Å². The molecule has 0 radical (unpaired) electrons. The topological polar surface area (TPSA) is 68.7 Å². The van der Waals surface area contributed by atoms with E-state index >= 15 is 0 Å². The van der Waals surface area contributed by atoms with Gasteiger partial charge >= 0.3 is 5.97 Å². The summed E-state index contributed by atoms with van der Waals surface area (Å²) in [6.07, 6.45) is 1.19. The molecule has 0 saturated carbocycles. The number of carbonyl (C=O) groups is 1. The van der Waals surface area contributed by atoms with Gasteiger partial charge in [-0.1, -0.05) is 17.7 Å². The molecular formula is C14H12ClNO4. The van der Waals surface area contributed by atoms with Gasteiger partial charge in [-0.2, -0.15) is 0 Å². The fourth-order valence-electron chi connectivity index (χ4n) is 1.52. The van der Waals surface area contributed by atoms with Crippen molar-refractivity contribution >= 4 is 17.6 Å². The Labute approximate surface area is 120 Å². The number of carboxylic acids is 1. The number of carboxylic acid groups (broad SMARTS) is 1. The maximum atomic E-state index is 10.8. The smallest absolute Gasteiger partial charge is 0.337 e. The zero-order valence-corrected chi connectivity index (χ0v) is 11.4. The number of hydrogen-bond donors (Lipinski definition) is 1. The highest BCUT2D eigenvalue weighted by Gasteiger charge is 2.10. The van der Waals surface area contributed by atoms with Crippen molar-refractivity contribution in [2.24, 2.45) is 0 Å². The molecule has 0 aliphatic heterocycles. The molecular weight excluding hydrogens is 282 g/mol. The highest BCUT2D eigenvalue weighted by molar-refractivity contribution is 6.32. The summed E-state index contributed by atoms with van der Waals surface area (Å²) in [5.74, 6) is 0.228. The number of halogens is 1. The number of nitrogens with zero attached hydrogens (tertiary/aromatic N) is 1. The average molecular weight is 294 g/mol. The van der Waals surface area contributed by atoms with Gasteiger partial charge in [0.1, 0.15) is 16.5 Å². The molecule has 0 saturated heterocycles. The molecule has 1 aromatic carbocycles. The van der Waals surface area contributed by atoms with E-state index in [1.54, 1.807) is 24.3 Å². The van der Waals surface area contributed by atoms with Crippen LogP contribution in [0.2, 0.25) is 5.02 Å². The van der Waals surface area contributed by atoms with Crippen LogP contribution < -0.4 is 9.47 Å². The second kappa shape index (κ2) is 6.25. The largest absolute Gasteiger partial charge is 0.494 e. The lowest BCUT2D eigenvalue weighted by atomic mass is 10.3. The molecule has 0 atom stereocenters. The monoisotopic (exact) mass is 293 g/mol. The van der Waals surface area contributed by atoms with Crippen LogP contribution in [0.5, 0.6) is 17.4 Å². The summed E-state index contributed by atoms with van der Waals surface area (Å²) >= 11 is 5.94. The zero-order chi connectivity index (χ0) is 14.5. The number of rotatable bonds is 5. The highest BCUT2D eigenvalue weighted by atomic mass is 35.5. The van der Waals surface area contributed by atoms with E-state index in [0.717, 1.165) is 0 Å². The van der Waals surface area contributed by atoms with Crippen LogP contribution in [0.4, 0.5) is 0 Å². The molecule has 1 N–H and O–H groups in total. The Morgan fingerprint density at radius 1 is 1.35 bits per heavy atom. The first kappa shape index (κ1) is 14.1. The molecule has 2 aromatic rings. The predicted molar refractivity (Wildman–Crippen MR) is 73.9 cm³/mol. The van der Waals surface area contributed by atoms with Crippen molar-refractivity contribution in [1.29, 1.82) is 0 Å². The molecule has 6 heteroatoms. The summed E-state index contributed by atoms with van der Waals surface area (Å²) in [6.45, 7) is 2.44. The van der Waals surface area contributed by atoms with E-state index in [2.05, 4.69) is 4.98 Å². The fourth-order valence-corrected chi connectivity index (χ4v) is 1.73. The molecule has 0 bridgehead atoms. The first-order valence-corrected chi connectivity index (χ1v) is 6.27. The van der Waals surface area contributed by atoms with E-state index in [1.165, 1.54) is 12.3 Å². The van der Waals surface area contributed by atoms with Crippen LogP contribution in [0.15, 0.2) is 36.5 Å². The Kier molecular flexibility index (Phi) is 4.42. The van der Waals surface area contributed by atoms with Crippen LogP contribution >= 0.6 is 11.6 Å². The van der Waals surface area contributed by atoms with Crippen LogP contribution in [0.3, 0.4) is 0 Å². The molecule has 0 amide bonds. The Bertz CT molecular complexity index is 630. The SMILES string of the molecule is CCOc1cccc(Oc2ncc(C(=O)O)cc2Cl)c1. The molecule has 5 nitrogen and oxygen atoms in total. The minimum atomic E-state index is -1.09. The summed E-state index contributed by atoms with van der Waals surface area (Å²) in [4.78, 5) is 14.7. The third-order valence-electron chi connectivity index (χ3n) is 2.39. The van der Waals surface area contributed by atoms with E-state index in [4.69, 9.17) is 26.2 Å². The molecule has 1 aromatic heterocycles. The van der Waals surface area contributed by atoms with Gasteiger partial charge < -0.3 is 14.6 Å². The first-order valence-electron chi connectivity index (χ1n) is 5.89. The van der Waals surface area contributed by atoms with E-state index in [0.29, 0.717) is 18.1 Å². The maximum Gasteiger partial charge on any atom is 0.337 e. The van der Waals surface area contributed by atoms with Crippen molar-refractivity contribution in [2.45, 2.75) is 6.92 Å². The van der Waals surface area contributed by atoms with Crippen LogP contribution in [0.25, 0.3) is 0 Å². The zero-order valence-electron chi connectivity index (χ0n) is 10.7. The molecule has 1 heterocycles. The standard InChI is InChI=1S/C14H12ClNO4/c1-2-19-10-4-3-5-11(7-10)20-13-12(15)6-9(8-16-13)14(17)18/h3-8H,2H2,1H3,(H,17,18). The third kappa shape index (κ3) is 3.39. The van der Waals surface area contributed by atoms with Gasteiger partial charge in [0.2, 0.25) is 5.88 Å². The molecule has 0 fully saturated rings. The van der Waals surface area contributed by atoms with Crippen LogP contribution in [-0.2, 0) is 0 Å². The van der Waals surface area contributed by atoms with Crippen molar-refractivity contribution in [3.05, 3.63) is 47.1 Å².